The van der Waals surface area contributed by atoms with Crippen LogP contribution in [0.5, 0.6) is 0 Å². The number of aromatic amines is 1. The number of nitrogens with one attached hydrogen (secondary N) is 2. The molecule has 1 saturated carbocycles. The van der Waals surface area contributed by atoms with Crippen molar-refractivity contribution in [2.45, 2.75) is 32.7 Å². The first-order valence-corrected chi connectivity index (χ1v) is 9.12. The maximum atomic E-state index is 13.0. The van der Waals surface area contributed by atoms with Crippen LogP contribution in [0.4, 0.5) is 5.69 Å². The zero-order chi connectivity index (χ0) is 19.3. The predicted molar refractivity (Wildman–Crippen MR) is 103 cm³/mol. The lowest BCUT2D eigenvalue weighted by atomic mass is 10.1. The number of amides is 1. The molecule has 0 atom stereocenters. The second kappa shape index (κ2) is 6.22. The van der Waals surface area contributed by atoms with Crippen LogP contribution in [0.3, 0.4) is 0 Å². The Bertz CT molecular complexity index is 1200. The molecule has 28 heavy (non-hydrogen) atoms. The van der Waals surface area contributed by atoms with Gasteiger partial charge in [-0.15, -0.1) is 5.10 Å². The van der Waals surface area contributed by atoms with Crippen molar-refractivity contribution in [1.82, 2.24) is 35.4 Å². The number of nitrogens with zero attached hydrogens (tertiary/aromatic N) is 6. The van der Waals surface area contributed by atoms with E-state index < -0.39 is 0 Å². The van der Waals surface area contributed by atoms with Crippen LogP contribution in [0, 0.1) is 13.8 Å². The van der Waals surface area contributed by atoms with Crippen LogP contribution in [-0.4, -0.2) is 41.3 Å². The number of H-pyrrole nitrogens is 1. The van der Waals surface area contributed by atoms with E-state index in [1.54, 1.807) is 6.07 Å². The Morgan fingerprint density at radius 2 is 2.11 bits per heavy atom. The summed E-state index contributed by atoms with van der Waals surface area (Å²) >= 11 is 0. The van der Waals surface area contributed by atoms with E-state index in [2.05, 4.69) is 36.0 Å². The van der Waals surface area contributed by atoms with Crippen molar-refractivity contribution in [3.63, 3.8) is 0 Å². The molecule has 2 N–H and O–H groups in total. The molecule has 4 aromatic rings. The minimum absolute atomic E-state index is 0.209. The number of aromatic nitrogens is 7. The second-order valence-corrected chi connectivity index (χ2v) is 7.07. The van der Waals surface area contributed by atoms with E-state index in [9.17, 15) is 4.79 Å². The molecular formula is C19H18N8O. The zero-order valence-electron chi connectivity index (χ0n) is 15.5. The van der Waals surface area contributed by atoms with E-state index in [4.69, 9.17) is 0 Å². The fraction of sp³-hybridized carbons (Fsp3) is 0.263. The lowest BCUT2D eigenvalue weighted by Gasteiger charge is -2.09. The lowest BCUT2D eigenvalue weighted by molar-refractivity contribution is 0.102. The Morgan fingerprint density at radius 3 is 2.93 bits per heavy atom. The summed E-state index contributed by atoms with van der Waals surface area (Å²) in [4.78, 5) is 17.4. The zero-order valence-corrected chi connectivity index (χ0v) is 15.5. The highest BCUT2D eigenvalue weighted by Crippen LogP contribution is 2.36. The summed E-state index contributed by atoms with van der Waals surface area (Å²) in [6.45, 7) is 3.72. The molecule has 0 unspecified atom stereocenters. The number of fused-ring (bicyclic) bond motifs is 1. The Hall–Kier alpha value is -3.62. The number of tetrazole rings is 1. The third-order valence-corrected chi connectivity index (χ3v) is 4.84. The molecular weight excluding hydrogens is 356 g/mol. The van der Waals surface area contributed by atoms with Crippen LogP contribution in [0.2, 0.25) is 0 Å². The Balaban J connectivity index is 1.48. The quantitative estimate of drug-likeness (QED) is 0.568. The van der Waals surface area contributed by atoms with Crippen LogP contribution in [-0.2, 0) is 0 Å². The maximum Gasteiger partial charge on any atom is 0.256 e. The smallest absolute Gasteiger partial charge is 0.256 e. The standard InChI is InChI=1S/C19H18N8O/c1-10-8-15(16-11(2)22-23-17(16)20-10)19(28)21-13-5-3-4-12(9-13)18-24-25-26-27(18)14-6-7-14/h3-5,8-9,14H,6-7H2,1-2H3,(H,21,28)(H,20,22,23). The van der Waals surface area contributed by atoms with Crippen molar-refractivity contribution in [3.05, 3.63) is 47.3 Å². The molecule has 3 aromatic heterocycles. The third kappa shape index (κ3) is 2.81. The first-order valence-electron chi connectivity index (χ1n) is 9.12. The molecule has 1 aliphatic rings. The highest BCUT2D eigenvalue weighted by molar-refractivity contribution is 6.12. The molecule has 9 heteroatoms. The van der Waals surface area contributed by atoms with E-state index in [-0.39, 0.29) is 5.91 Å². The van der Waals surface area contributed by atoms with Gasteiger partial charge >= 0.3 is 0 Å². The van der Waals surface area contributed by atoms with Crippen molar-refractivity contribution >= 4 is 22.6 Å². The van der Waals surface area contributed by atoms with E-state index in [1.807, 2.05) is 42.8 Å². The number of hydrogen-bond donors (Lipinski definition) is 2. The lowest BCUT2D eigenvalue weighted by Crippen LogP contribution is -2.13. The number of carbonyl (C=O) groups is 1. The van der Waals surface area contributed by atoms with E-state index in [0.29, 0.717) is 28.8 Å². The fourth-order valence-corrected chi connectivity index (χ4v) is 3.36. The van der Waals surface area contributed by atoms with Crippen LogP contribution >= 0.6 is 0 Å². The summed E-state index contributed by atoms with van der Waals surface area (Å²) in [6.07, 6.45) is 2.19. The maximum absolute atomic E-state index is 13.0. The summed E-state index contributed by atoms with van der Waals surface area (Å²) in [5, 5.41) is 22.8. The van der Waals surface area contributed by atoms with Gasteiger partial charge in [-0.2, -0.15) is 5.10 Å². The normalized spacial score (nSPS) is 13.8. The minimum Gasteiger partial charge on any atom is -0.322 e. The second-order valence-electron chi connectivity index (χ2n) is 7.07. The van der Waals surface area contributed by atoms with E-state index in [1.165, 1.54) is 0 Å². The molecule has 9 nitrogen and oxygen atoms in total. The van der Waals surface area contributed by atoms with Crippen LogP contribution in [0.1, 0.15) is 40.6 Å². The molecule has 1 fully saturated rings. The molecule has 1 aliphatic carbocycles. The van der Waals surface area contributed by atoms with Crippen LogP contribution in [0.15, 0.2) is 30.3 Å². The SMILES string of the molecule is Cc1cc(C(=O)Nc2cccc(-c3nnnn3C3CC3)c2)c2c(C)[nH]nc2n1. The molecule has 0 aliphatic heterocycles. The van der Waals surface area contributed by atoms with Gasteiger partial charge in [-0.3, -0.25) is 9.89 Å². The number of pyridine rings is 1. The number of rotatable bonds is 4. The third-order valence-electron chi connectivity index (χ3n) is 4.84. The number of aryl methyl sites for hydroxylation is 2. The van der Waals surface area contributed by atoms with Gasteiger partial charge in [0.05, 0.1) is 17.0 Å². The van der Waals surface area contributed by atoms with Gasteiger partial charge in [-0.05, 0) is 55.3 Å². The monoisotopic (exact) mass is 374 g/mol. The summed E-state index contributed by atoms with van der Waals surface area (Å²) < 4.78 is 1.85. The minimum atomic E-state index is -0.209. The Kier molecular flexibility index (Phi) is 3.68. The highest BCUT2D eigenvalue weighted by Gasteiger charge is 2.28. The fourth-order valence-electron chi connectivity index (χ4n) is 3.36. The number of hydrogen-bond acceptors (Lipinski definition) is 6. The van der Waals surface area contributed by atoms with Crippen molar-refractivity contribution in [1.29, 1.82) is 0 Å². The average molecular weight is 374 g/mol. The molecule has 1 amide bonds. The highest BCUT2D eigenvalue weighted by atomic mass is 16.1. The molecule has 0 saturated heterocycles. The van der Waals surface area contributed by atoms with E-state index >= 15 is 0 Å². The topological polar surface area (TPSA) is 114 Å². The largest absolute Gasteiger partial charge is 0.322 e. The first kappa shape index (κ1) is 16.5. The van der Waals surface area contributed by atoms with Gasteiger partial charge in [0, 0.05) is 22.6 Å². The Morgan fingerprint density at radius 1 is 1.25 bits per heavy atom. The molecule has 0 radical (unpaired) electrons. The summed E-state index contributed by atoms with van der Waals surface area (Å²) in [5.41, 5.74) is 4.18. The molecule has 0 bridgehead atoms. The molecule has 140 valence electrons. The van der Waals surface area contributed by atoms with Gasteiger partial charge < -0.3 is 5.32 Å². The summed E-state index contributed by atoms with van der Waals surface area (Å²) in [7, 11) is 0. The van der Waals surface area contributed by atoms with Crippen molar-refractivity contribution in [2.24, 2.45) is 0 Å². The van der Waals surface area contributed by atoms with Gasteiger partial charge in [0.25, 0.3) is 5.91 Å². The van der Waals surface area contributed by atoms with Gasteiger partial charge in [0.2, 0.25) is 0 Å². The molecule has 3 heterocycles. The number of carbonyl (C=O) groups excluding carboxylic acids is 1. The van der Waals surface area contributed by atoms with Crippen molar-refractivity contribution < 1.29 is 4.79 Å². The van der Waals surface area contributed by atoms with Crippen molar-refractivity contribution in [3.8, 4) is 11.4 Å². The van der Waals surface area contributed by atoms with Crippen LogP contribution < -0.4 is 5.32 Å². The van der Waals surface area contributed by atoms with Gasteiger partial charge in [0.1, 0.15) is 0 Å². The average Bonchev–Trinajstić information content (AvgIpc) is 3.29. The van der Waals surface area contributed by atoms with Crippen LogP contribution in [0.25, 0.3) is 22.4 Å². The number of anilines is 1. The van der Waals surface area contributed by atoms with Crippen molar-refractivity contribution in [2.75, 3.05) is 5.32 Å². The summed E-state index contributed by atoms with van der Waals surface area (Å²) in [5.74, 6) is 0.505. The van der Waals surface area contributed by atoms with Gasteiger partial charge in [-0.1, -0.05) is 12.1 Å². The molecule has 1 aromatic carbocycles. The molecule has 0 spiro atoms. The van der Waals surface area contributed by atoms with Gasteiger partial charge in [-0.25, -0.2) is 9.67 Å². The predicted octanol–water partition coefficient (Wildman–Crippen LogP) is 2.82. The van der Waals surface area contributed by atoms with E-state index in [0.717, 1.165) is 35.2 Å². The first-order chi connectivity index (χ1) is 13.6. The molecule has 5 rings (SSSR count). The van der Waals surface area contributed by atoms with Gasteiger partial charge in [0.15, 0.2) is 11.5 Å². The Labute approximate surface area is 160 Å². The number of benzene rings is 1. The summed E-state index contributed by atoms with van der Waals surface area (Å²) in [6, 6.07) is 9.71.